The van der Waals surface area contributed by atoms with Gasteiger partial charge in [-0.2, -0.15) is 8.42 Å². The van der Waals surface area contributed by atoms with E-state index in [1.165, 1.54) is 31.2 Å². The molecular weight excluding hydrogens is 276 g/mol. The van der Waals surface area contributed by atoms with Crippen LogP contribution in [0.5, 0.6) is 0 Å². The Hall–Kier alpha value is -2.29. The molecule has 0 saturated carbocycles. The first-order chi connectivity index (χ1) is 8.84. The Morgan fingerprint density at radius 3 is 2.32 bits per heavy atom. The third kappa shape index (κ3) is 4.84. The van der Waals surface area contributed by atoms with Crippen molar-refractivity contribution < 1.29 is 27.9 Å². The molecule has 0 fully saturated rings. The summed E-state index contributed by atoms with van der Waals surface area (Å²) in [5.41, 5.74) is 0.128. The lowest BCUT2D eigenvalue weighted by Gasteiger charge is -2.09. The Bertz CT molecular complexity index is 566. The number of amides is 1. The van der Waals surface area contributed by atoms with E-state index in [2.05, 4.69) is 4.74 Å². The van der Waals surface area contributed by atoms with E-state index in [0.29, 0.717) is 0 Å². The number of nitrogens with one attached hydrogen (secondary N) is 2. The SMILES string of the molecule is CCOC(=O)NS(=O)(=O)Nc1ccc(C(=O)O)cc1. The van der Waals surface area contributed by atoms with Crippen LogP contribution in [0.15, 0.2) is 24.3 Å². The maximum atomic E-state index is 11.5. The number of carboxylic acid groups (broad SMARTS) is 1. The van der Waals surface area contributed by atoms with Crippen molar-refractivity contribution >= 4 is 28.0 Å². The maximum Gasteiger partial charge on any atom is 0.422 e. The second-order valence-corrected chi connectivity index (χ2v) is 4.73. The summed E-state index contributed by atoms with van der Waals surface area (Å²) >= 11 is 0. The molecule has 0 aliphatic rings. The van der Waals surface area contributed by atoms with Crippen LogP contribution < -0.4 is 9.44 Å². The summed E-state index contributed by atoms with van der Waals surface area (Å²) in [6, 6.07) is 4.97. The van der Waals surface area contributed by atoms with E-state index in [1.54, 1.807) is 4.72 Å². The molecule has 0 saturated heterocycles. The van der Waals surface area contributed by atoms with Gasteiger partial charge in [0.25, 0.3) is 0 Å². The Labute approximate surface area is 109 Å². The largest absolute Gasteiger partial charge is 0.478 e. The molecule has 0 unspecified atom stereocenters. The number of aromatic carboxylic acids is 1. The van der Waals surface area contributed by atoms with Crippen molar-refractivity contribution in [3.05, 3.63) is 29.8 Å². The monoisotopic (exact) mass is 288 g/mol. The zero-order valence-electron chi connectivity index (χ0n) is 9.91. The van der Waals surface area contributed by atoms with E-state index in [1.807, 2.05) is 4.72 Å². The van der Waals surface area contributed by atoms with Crippen LogP contribution in [0.2, 0.25) is 0 Å². The van der Waals surface area contributed by atoms with Crippen LogP contribution in [-0.2, 0) is 14.9 Å². The fourth-order valence-corrected chi connectivity index (χ4v) is 1.91. The summed E-state index contributed by atoms with van der Waals surface area (Å²) in [6.07, 6.45) is -1.10. The van der Waals surface area contributed by atoms with Crippen molar-refractivity contribution in [1.82, 2.24) is 4.72 Å². The Morgan fingerprint density at radius 2 is 1.84 bits per heavy atom. The topological polar surface area (TPSA) is 122 Å². The Morgan fingerprint density at radius 1 is 1.26 bits per heavy atom. The van der Waals surface area contributed by atoms with Crippen LogP contribution in [0.25, 0.3) is 0 Å². The Kier molecular flexibility index (Phi) is 4.70. The summed E-state index contributed by atoms with van der Waals surface area (Å²) in [6.45, 7) is 1.57. The molecule has 0 aromatic heterocycles. The minimum Gasteiger partial charge on any atom is -0.478 e. The van der Waals surface area contributed by atoms with Crippen molar-refractivity contribution in [3.8, 4) is 0 Å². The predicted molar refractivity (Wildman–Crippen MR) is 66.1 cm³/mol. The van der Waals surface area contributed by atoms with Crippen LogP contribution in [0, 0.1) is 0 Å². The van der Waals surface area contributed by atoms with E-state index < -0.39 is 22.3 Å². The number of carbonyl (C=O) groups excluding carboxylic acids is 1. The third-order valence-corrected chi connectivity index (χ3v) is 2.82. The average molecular weight is 288 g/mol. The van der Waals surface area contributed by atoms with Crippen LogP contribution in [0.1, 0.15) is 17.3 Å². The molecular formula is C10H12N2O6S. The summed E-state index contributed by atoms with van der Waals surface area (Å²) < 4.78 is 31.0. The molecule has 0 aliphatic heterocycles. The van der Waals surface area contributed by atoms with E-state index in [9.17, 15) is 18.0 Å². The molecule has 104 valence electrons. The molecule has 0 spiro atoms. The van der Waals surface area contributed by atoms with Crippen LogP contribution >= 0.6 is 0 Å². The van der Waals surface area contributed by atoms with Gasteiger partial charge in [0.1, 0.15) is 0 Å². The van der Waals surface area contributed by atoms with Crippen LogP contribution in [0.4, 0.5) is 10.5 Å². The summed E-state index contributed by atoms with van der Waals surface area (Å²) in [7, 11) is -4.11. The average Bonchev–Trinajstić information content (AvgIpc) is 2.28. The Balaban J connectivity index is 2.73. The van der Waals surface area contributed by atoms with Crippen LogP contribution in [-0.4, -0.2) is 32.2 Å². The highest BCUT2D eigenvalue weighted by molar-refractivity contribution is 7.91. The third-order valence-electron chi connectivity index (χ3n) is 1.88. The van der Waals surface area contributed by atoms with Gasteiger partial charge in [-0.05, 0) is 31.2 Å². The molecule has 1 amide bonds. The maximum absolute atomic E-state index is 11.5. The number of hydrogen-bond donors (Lipinski definition) is 3. The quantitative estimate of drug-likeness (QED) is 0.736. The van der Waals surface area contributed by atoms with Gasteiger partial charge >= 0.3 is 22.3 Å². The predicted octanol–water partition coefficient (Wildman–Crippen LogP) is 0.788. The lowest BCUT2D eigenvalue weighted by atomic mass is 10.2. The van der Waals surface area contributed by atoms with Gasteiger partial charge in [0.05, 0.1) is 17.9 Å². The molecule has 0 heterocycles. The zero-order chi connectivity index (χ0) is 14.5. The first kappa shape index (κ1) is 14.8. The van der Waals surface area contributed by atoms with Crippen LogP contribution in [0.3, 0.4) is 0 Å². The van der Waals surface area contributed by atoms with Crippen molar-refractivity contribution in [2.45, 2.75) is 6.92 Å². The smallest absolute Gasteiger partial charge is 0.422 e. The molecule has 1 aromatic rings. The van der Waals surface area contributed by atoms with Crippen molar-refractivity contribution in [2.24, 2.45) is 0 Å². The normalized spacial score (nSPS) is 10.6. The fraction of sp³-hybridized carbons (Fsp3) is 0.200. The highest BCUT2D eigenvalue weighted by Crippen LogP contribution is 2.10. The van der Waals surface area contributed by atoms with E-state index >= 15 is 0 Å². The number of hydrogen-bond acceptors (Lipinski definition) is 5. The highest BCUT2D eigenvalue weighted by atomic mass is 32.2. The van der Waals surface area contributed by atoms with Gasteiger partial charge in [-0.3, -0.25) is 4.72 Å². The molecule has 19 heavy (non-hydrogen) atoms. The van der Waals surface area contributed by atoms with Crippen molar-refractivity contribution in [3.63, 3.8) is 0 Å². The van der Waals surface area contributed by atoms with Gasteiger partial charge in [-0.15, -0.1) is 0 Å². The molecule has 8 nitrogen and oxygen atoms in total. The van der Waals surface area contributed by atoms with Crippen molar-refractivity contribution in [1.29, 1.82) is 0 Å². The minimum absolute atomic E-state index is 0.0151. The van der Waals surface area contributed by atoms with Crippen molar-refractivity contribution in [2.75, 3.05) is 11.3 Å². The number of anilines is 1. The first-order valence-electron chi connectivity index (χ1n) is 5.14. The van der Waals surface area contributed by atoms with Gasteiger partial charge in [0, 0.05) is 0 Å². The lowest BCUT2D eigenvalue weighted by Crippen LogP contribution is -2.35. The van der Waals surface area contributed by atoms with E-state index in [-0.39, 0.29) is 17.9 Å². The molecule has 1 aromatic carbocycles. The molecule has 0 aliphatic carbocycles. The molecule has 1 rings (SSSR count). The number of rotatable bonds is 5. The molecule has 3 N–H and O–H groups in total. The standard InChI is InChI=1S/C10H12N2O6S/c1-2-18-10(15)12-19(16,17)11-8-5-3-7(4-6-8)9(13)14/h3-6,11H,2H2,1H3,(H,12,15)(H,13,14). The lowest BCUT2D eigenvalue weighted by molar-refractivity contribution is 0.0697. The summed E-state index contributed by atoms with van der Waals surface area (Å²) in [5, 5.41) is 8.67. The number of carbonyl (C=O) groups is 2. The van der Waals surface area contributed by atoms with E-state index in [0.717, 1.165) is 0 Å². The molecule has 9 heteroatoms. The summed E-state index contributed by atoms with van der Waals surface area (Å²) in [5.74, 6) is -1.13. The second kappa shape index (κ2) is 6.05. The van der Waals surface area contributed by atoms with Gasteiger partial charge < -0.3 is 9.84 Å². The number of benzene rings is 1. The highest BCUT2D eigenvalue weighted by Gasteiger charge is 2.15. The van der Waals surface area contributed by atoms with Gasteiger partial charge in [-0.25, -0.2) is 14.3 Å². The van der Waals surface area contributed by atoms with Gasteiger partial charge in [0.2, 0.25) is 0 Å². The summed E-state index contributed by atoms with van der Waals surface area (Å²) in [4.78, 5) is 21.6. The number of carboxylic acids is 1. The zero-order valence-corrected chi connectivity index (χ0v) is 10.7. The van der Waals surface area contributed by atoms with Gasteiger partial charge in [-0.1, -0.05) is 0 Å². The fourth-order valence-electron chi connectivity index (χ4n) is 1.13. The van der Waals surface area contributed by atoms with E-state index in [4.69, 9.17) is 5.11 Å². The first-order valence-corrected chi connectivity index (χ1v) is 6.63. The number of ether oxygens (including phenoxy) is 1. The molecule has 0 radical (unpaired) electrons. The van der Waals surface area contributed by atoms with Gasteiger partial charge in [0.15, 0.2) is 0 Å². The molecule has 0 bridgehead atoms. The minimum atomic E-state index is -4.11. The molecule has 0 atom stereocenters. The second-order valence-electron chi connectivity index (χ2n) is 3.31.